The topological polar surface area (TPSA) is 105 Å². The normalized spacial score (nSPS) is 13.8. The van der Waals surface area contributed by atoms with Gasteiger partial charge in [-0.1, -0.05) is 0 Å². The lowest BCUT2D eigenvalue weighted by Gasteiger charge is -2.15. The van der Waals surface area contributed by atoms with Gasteiger partial charge in [-0.3, -0.25) is 4.79 Å². The average molecular weight is 427 g/mol. The first kappa shape index (κ1) is 19.9. The molecule has 0 aliphatic carbocycles. The second-order valence-electron chi connectivity index (χ2n) is 5.34. The van der Waals surface area contributed by atoms with Crippen molar-refractivity contribution in [2.45, 2.75) is 6.92 Å². The van der Waals surface area contributed by atoms with Gasteiger partial charge in [-0.15, -0.1) is 0 Å². The molecule has 140 valence electrons. The summed E-state index contributed by atoms with van der Waals surface area (Å²) in [6, 6.07) is 4.71. The van der Waals surface area contributed by atoms with E-state index in [2.05, 4.69) is 21.2 Å². The van der Waals surface area contributed by atoms with Crippen molar-refractivity contribution in [2.24, 2.45) is 0 Å². The van der Waals surface area contributed by atoms with E-state index in [4.69, 9.17) is 14.6 Å². The number of nitrogens with one attached hydrogen (secondary N) is 1. The molecule has 1 aliphatic heterocycles. The molecule has 0 radical (unpaired) electrons. The lowest BCUT2D eigenvalue weighted by molar-refractivity contribution is -0.136. The number of aliphatic hydroxyl groups excluding tert-OH is 1. The van der Waals surface area contributed by atoms with Gasteiger partial charge in [0.25, 0.3) is 5.91 Å². The van der Waals surface area contributed by atoms with Crippen LogP contribution >= 0.6 is 15.9 Å². The molecule has 26 heavy (non-hydrogen) atoms. The number of esters is 2. The molecular formula is C17H19BrN2O6. The fourth-order valence-electron chi connectivity index (χ4n) is 2.44. The van der Waals surface area contributed by atoms with E-state index in [1.54, 1.807) is 25.1 Å². The fraction of sp³-hybridized carbons (Fsp3) is 0.353. The molecular weight excluding hydrogens is 408 g/mol. The predicted octanol–water partition coefficient (Wildman–Crippen LogP) is 1.30. The minimum absolute atomic E-state index is 0.0485. The van der Waals surface area contributed by atoms with Gasteiger partial charge >= 0.3 is 11.9 Å². The van der Waals surface area contributed by atoms with Crippen molar-refractivity contribution in [2.75, 3.05) is 38.7 Å². The maximum Gasteiger partial charge on any atom is 0.338 e. The number of carbonyl (C=O) groups excluding carboxylic acids is 3. The lowest BCUT2D eigenvalue weighted by Crippen LogP contribution is -2.31. The number of methoxy groups -OCH3 is 1. The second kappa shape index (κ2) is 8.81. The monoisotopic (exact) mass is 426 g/mol. The van der Waals surface area contributed by atoms with Crippen LogP contribution in [-0.4, -0.2) is 61.3 Å². The second-order valence-corrected chi connectivity index (χ2v) is 6.19. The zero-order valence-electron chi connectivity index (χ0n) is 14.4. The summed E-state index contributed by atoms with van der Waals surface area (Å²) in [4.78, 5) is 37.6. The van der Waals surface area contributed by atoms with Crippen molar-refractivity contribution in [1.82, 2.24) is 4.90 Å². The minimum Gasteiger partial charge on any atom is -0.466 e. The van der Waals surface area contributed by atoms with E-state index in [1.807, 2.05) is 0 Å². The van der Waals surface area contributed by atoms with E-state index in [0.717, 1.165) is 0 Å². The molecule has 1 heterocycles. The molecule has 2 N–H and O–H groups in total. The van der Waals surface area contributed by atoms with Crippen LogP contribution in [0, 0.1) is 0 Å². The number of rotatable bonds is 7. The number of halogens is 1. The Kier molecular flexibility index (Phi) is 6.76. The van der Waals surface area contributed by atoms with Gasteiger partial charge in [-0.2, -0.15) is 0 Å². The van der Waals surface area contributed by atoms with Gasteiger partial charge in [-0.05, 0) is 41.1 Å². The molecule has 0 bridgehead atoms. The number of benzene rings is 1. The van der Waals surface area contributed by atoms with E-state index in [1.165, 1.54) is 12.0 Å². The SMILES string of the molecule is CCOC(=O)c1ccc(NC2=C(C(=O)OC)CN(CCO)C2=O)c(Br)c1. The number of carbonyl (C=O) groups is 3. The third kappa shape index (κ3) is 4.23. The number of hydrogen-bond donors (Lipinski definition) is 2. The van der Waals surface area contributed by atoms with Gasteiger partial charge in [0, 0.05) is 11.0 Å². The van der Waals surface area contributed by atoms with E-state index >= 15 is 0 Å². The number of hydrogen-bond acceptors (Lipinski definition) is 7. The zero-order valence-corrected chi connectivity index (χ0v) is 16.0. The molecule has 0 saturated heterocycles. The molecule has 1 aromatic rings. The van der Waals surface area contributed by atoms with E-state index in [-0.39, 0.29) is 37.6 Å². The zero-order chi connectivity index (χ0) is 19.3. The van der Waals surface area contributed by atoms with Crippen LogP contribution in [0.25, 0.3) is 0 Å². The Labute approximate surface area is 158 Å². The van der Waals surface area contributed by atoms with Crippen LogP contribution in [0.15, 0.2) is 33.9 Å². The van der Waals surface area contributed by atoms with E-state index < -0.39 is 17.8 Å². The highest BCUT2D eigenvalue weighted by molar-refractivity contribution is 9.10. The maximum atomic E-state index is 12.5. The Balaban J connectivity index is 2.30. The molecule has 0 unspecified atom stereocenters. The summed E-state index contributed by atoms with van der Waals surface area (Å²) in [5, 5.41) is 12.0. The quantitative estimate of drug-likeness (QED) is 0.632. The van der Waals surface area contributed by atoms with Crippen molar-refractivity contribution < 1.29 is 29.0 Å². The van der Waals surface area contributed by atoms with Crippen molar-refractivity contribution in [3.63, 3.8) is 0 Å². The molecule has 2 rings (SSSR count). The Bertz CT molecular complexity index is 762. The number of ether oxygens (including phenoxy) is 2. The van der Waals surface area contributed by atoms with Crippen molar-refractivity contribution in [1.29, 1.82) is 0 Å². The largest absolute Gasteiger partial charge is 0.466 e. The number of β-amino-alcohol motifs (C(OH)–C–C–N with tert-alkyl or cyclic N) is 1. The van der Waals surface area contributed by atoms with E-state index in [0.29, 0.717) is 15.7 Å². The Morgan fingerprint density at radius 2 is 2.08 bits per heavy atom. The third-order valence-corrected chi connectivity index (χ3v) is 4.35. The van der Waals surface area contributed by atoms with Crippen LogP contribution in [0.1, 0.15) is 17.3 Å². The summed E-state index contributed by atoms with van der Waals surface area (Å²) in [7, 11) is 1.23. The van der Waals surface area contributed by atoms with Crippen molar-refractivity contribution in [3.8, 4) is 0 Å². The first-order valence-electron chi connectivity index (χ1n) is 7.88. The summed E-state index contributed by atoms with van der Waals surface area (Å²) < 4.78 is 10.2. The molecule has 9 heteroatoms. The summed E-state index contributed by atoms with van der Waals surface area (Å²) in [5.74, 6) is -1.50. The summed E-state index contributed by atoms with van der Waals surface area (Å²) in [6.07, 6.45) is 0. The van der Waals surface area contributed by atoms with E-state index in [9.17, 15) is 14.4 Å². The smallest absolute Gasteiger partial charge is 0.338 e. The van der Waals surface area contributed by atoms with Crippen LogP contribution in [0.3, 0.4) is 0 Å². The highest BCUT2D eigenvalue weighted by Gasteiger charge is 2.34. The summed E-state index contributed by atoms with van der Waals surface area (Å²) in [6.45, 7) is 1.92. The number of amides is 1. The first-order valence-corrected chi connectivity index (χ1v) is 8.67. The highest BCUT2D eigenvalue weighted by Crippen LogP contribution is 2.28. The standard InChI is InChI=1S/C17H19BrN2O6/c1-3-26-16(23)10-4-5-13(12(18)8-10)19-14-11(17(24)25-2)9-20(6-7-21)15(14)22/h4-5,8,19,21H,3,6-7,9H2,1-2H3. The van der Waals surface area contributed by atoms with Gasteiger partial charge in [-0.25, -0.2) is 9.59 Å². The molecule has 8 nitrogen and oxygen atoms in total. The molecule has 1 aliphatic rings. The van der Waals surface area contributed by atoms with Crippen molar-refractivity contribution >= 4 is 39.5 Å². The lowest BCUT2D eigenvalue weighted by atomic mass is 10.2. The Hall–Kier alpha value is -2.39. The third-order valence-electron chi connectivity index (χ3n) is 3.69. The van der Waals surface area contributed by atoms with Gasteiger partial charge in [0.2, 0.25) is 0 Å². The van der Waals surface area contributed by atoms with Gasteiger partial charge in [0.1, 0.15) is 5.70 Å². The van der Waals surface area contributed by atoms with Gasteiger partial charge in [0.05, 0.1) is 43.7 Å². The summed E-state index contributed by atoms with van der Waals surface area (Å²) >= 11 is 3.34. The molecule has 0 spiro atoms. The van der Waals surface area contributed by atoms with Crippen molar-refractivity contribution in [3.05, 3.63) is 39.5 Å². The molecule has 0 fully saturated rings. The number of anilines is 1. The minimum atomic E-state index is -0.624. The highest BCUT2D eigenvalue weighted by atomic mass is 79.9. The maximum absolute atomic E-state index is 12.5. The molecule has 1 aromatic carbocycles. The van der Waals surface area contributed by atoms with Gasteiger partial charge < -0.3 is 24.8 Å². The predicted molar refractivity (Wildman–Crippen MR) is 96.4 cm³/mol. The Morgan fingerprint density at radius 3 is 2.65 bits per heavy atom. The average Bonchev–Trinajstić information content (AvgIpc) is 2.93. The summed E-state index contributed by atoms with van der Waals surface area (Å²) in [5.41, 5.74) is 1.10. The fourth-order valence-corrected chi connectivity index (χ4v) is 2.92. The molecule has 0 saturated carbocycles. The van der Waals surface area contributed by atoms with Crippen LogP contribution in [0.5, 0.6) is 0 Å². The first-order chi connectivity index (χ1) is 12.4. The van der Waals surface area contributed by atoms with Crippen LogP contribution in [0.4, 0.5) is 5.69 Å². The number of aliphatic hydroxyl groups is 1. The van der Waals surface area contributed by atoms with Crippen LogP contribution < -0.4 is 5.32 Å². The van der Waals surface area contributed by atoms with Gasteiger partial charge in [0.15, 0.2) is 0 Å². The van der Waals surface area contributed by atoms with Crippen LogP contribution in [0.2, 0.25) is 0 Å². The molecule has 1 amide bonds. The van der Waals surface area contributed by atoms with Crippen LogP contribution in [-0.2, 0) is 19.1 Å². The Morgan fingerprint density at radius 1 is 1.35 bits per heavy atom. The molecule has 0 atom stereocenters. The number of nitrogens with zero attached hydrogens (tertiary/aromatic N) is 1. The molecule has 0 aromatic heterocycles.